The van der Waals surface area contributed by atoms with E-state index in [0.717, 1.165) is 40.4 Å². The molecule has 1 aliphatic heterocycles. The van der Waals surface area contributed by atoms with Crippen LogP contribution in [0.25, 0.3) is 0 Å². The molecule has 0 aromatic heterocycles. The van der Waals surface area contributed by atoms with Gasteiger partial charge in [-0.2, -0.15) is 4.31 Å². The van der Waals surface area contributed by atoms with E-state index in [1.165, 1.54) is 13.1 Å². The molecule has 1 saturated carbocycles. The van der Waals surface area contributed by atoms with Gasteiger partial charge in [-0.3, -0.25) is 9.59 Å². The quantitative estimate of drug-likeness (QED) is 0.641. The summed E-state index contributed by atoms with van der Waals surface area (Å²) >= 11 is 0. The van der Waals surface area contributed by atoms with Crippen molar-refractivity contribution >= 4 is 33.2 Å². The van der Waals surface area contributed by atoms with E-state index in [9.17, 15) is 18.0 Å². The van der Waals surface area contributed by atoms with Gasteiger partial charge in [0.1, 0.15) is 0 Å². The van der Waals surface area contributed by atoms with Crippen LogP contribution in [0, 0.1) is 5.92 Å². The van der Waals surface area contributed by atoms with Crippen molar-refractivity contribution in [1.82, 2.24) is 4.31 Å². The summed E-state index contributed by atoms with van der Waals surface area (Å²) in [6.45, 7) is 5.89. The van der Waals surface area contributed by atoms with Crippen LogP contribution in [0.2, 0.25) is 0 Å². The standard InChI is InChI=1S/C26H33N3O4S/c1-17(2)19-8-10-22(11-9-19)27-25(30)16-28(4)34(32,33)23-12-13-24-21(15-23)14-18(3)29(24)26(31)20-6-5-7-20/h8-13,15,17-18,20H,5-7,14,16H2,1-4H3,(H,27,30)/t18-/m1/s1. The first-order valence-corrected chi connectivity index (χ1v) is 13.3. The van der Waals surface area contributed by atoms with Crippen molar-refractivity contribution < 1.29 is 18.0 Å². The second-order valence-electron chi connectivity index (χ2n) is 9.77. The summed E-state index contributed by atoms with van der Waals surface area (Å²) in [5, 5.41) is 2.76. The van der Waals surface area contributed by atoms with Crippen molar-refractivity contribution in [2.24, 2.45) is 5.92 Å². The monoisotopic (exact) mass is 483 g/mol. The van der Waals surface area contributed by atoms with E-state index in [0.29, 0.717) is 18.0 Å². The van der Waals surface area contributed by atoms with E-state index in [1.54, 1.807) is 12.1 Å². The lowest BCUT2D eigenvalue weighted by atomic mass is 9.84. The van der Waals surface area contributed by atoms with Gasteiger partial charge in [0.15, 0.2) is 0 Å². The van der Waals surface area contributed by atoms with Crippen LogP contribution in [0.4, 0.5) is 11.4 Å². The van der Waals surface area contributed by atoms with Crippen LogP contribution >= 0.6 is 0 Å². The third kappa shape index (κ3) is 4.74. The number of amides is 2. The maximum atomic E-state index is 13.2. The van der Waals surface area contributed by atoms with Crippen LogP contribution < -0.4 is 10.2 Å². The van der Waals surface area contributed by atoms with Crippen molar-refractivity contribution in [1.29, 1.82) is 0 Å². The molecule has 4 rings (SSSR count). The first-order valence-electron chi connectivity index (χ1n) is 11.9. The number of carbonyl (C=O) groups excluding carboxylic acids is 2. The van der Waals surface area contributed by atoms with Crippen molar-refractivity contribution in [2.75, 3.05) is 23.8 Å². The molecule has 2 aromatic carbocycles. The molecule has 1 N–H and O–H groups in total. The molecule has 0 saturated heterocycles. The Morgan fingerprint density at radius 2 is 1.79 bits per heavy atom. The predicted octanol–water partition coefficient (Wildman–Crippen LogP) is 4.15. The number of anilines is 2. The number of fused-ring (bicyclic) bond motifs is 1. The van der Waals surface area contributed by atoms with E-state index in [2.05, 4.69) is 19.2 Å². The number of carbonyl (C=O) groups is 2. The minimum atomic E-state index is -3.86. The van der Waals surface area contributed by atoms with Crippen molar-refractivity contribution in [3.63, 3.8) is 0 Å². The van der Waals surface area contributed by atoms with Crippen LogP contribution in [0.15, 0.2) is 47.4 Å². The normalized spacial score (nSPS) is 18.2. The van der Waals surface area contributed by atoms with Crippen molar-refractivity contribution in [2.45, 2.75) is 63.3 Å². The number of sulfonamides is 1. The molecule has 0 radical (unpaired) electrons. The minimum Gasteiger partial charge on any atom is -0.325 e. The Bertz CT molecular complexity index is 1190. The molecule has 2 amide bonds. The summed E-state index contributed by atoms with van der Waals surface area (Å²) < 4.78 is 27.4. The Morgan fingerprint density at radius 3 is 2.38 bits per heavy atom. The second-order valence-corrected chi connectivity index (χ2v) is 11.8. The Labute approximate surface area is 202 Å². The fourth-order valence-electron chi connectivity index (χ4n) is 4.57. The zero-order valence-electron chi connectivity index (χ0n) is 20.2. The predicted molar refractivity (Wildman–Crippen MR) is 133 cm³/mol. The fourth-order valence-corrected chi connectivity index (χ4v) is 5.75. The van der Waals surface area contributed by atoms with Gasteiger partial charge in [0.25, 0.3) is 0 Å². The summed E-state index contributed by atoms with van der Waals surface area (Å²) in [5.41, 5.74) is 3.44. The molecular formula is C26H33N3O4S. The van der Waals surface area contributed by atoms with Gasteiger partial charge in [-0.1, -0.05) is 32.4 Å². The summed E-state index contributed by atoms with van der Waals surface area (Å²) in [4.78, 5) is 27.3. The lowest BCUT2D eigenvalue weighted by Gasteiger charge is -2.32. The minimum absolute atomic E-state index is 0.00615. The molecule has 2 aromatic rings. The third-order valence-electron chi connectivity index (χ3n) is 6.89. The topological polar surface area (TPSA) is 86.8 Å². The molecule has 7 nitrogen and oxygen atoms in total. The zero-order valence-corrected chi connectivity index (χ0v) is 21.1. The van der Waals surface area contributed by atoms with Gasteiger partial charge in [-0.15, -0.1) is 0 Å². The average Bonchev–Trinajstić information content (AvgIpc) is 3.07. The number of nitrogens with one attached hydrogen (secondary N) is 1. The summed E-state index contributed by atoms with van der Waals surface area (Å²) in [6.07, 6.45) is 3.57. The summed E-state index contributed by atoms with van der Waals surface area (Å²) in [6, 6.07) is 12.5. The number of nitrogens with zero attached hydrogens (tertiary/aromatic N) is 2. The van der Waals surface area contributed by atoms with E-state index >= 15 is 0 Å². The largest absolute Gasteiger partial charge is 0.325 e. The molecule has 182 valence electrons. The average molecular weight is 484 g/mol. The van der Waals surface area contributed by atoms with Crippen LogP contribution in [0.3, 0.4) is 0 Å². The smallest absolute Gasteiger partial charge is 0.243 e. The van der Waals surface area contributed by atoms with Gasteiger partial charge in [-0.05, 0) is 73.6 Å². The number of hydrogen-bond acceptors (Lipinski definition) is 4. The maximum Gasteiger partial charge on any atom is 0.243 e. The molecular weight excluding hydrogens is 450 g/mol. The van der Waals surface area contributed by atoms with Gasteiger partial charge in [0.05, 0.1) is 11.4 Å². The Hall–Kier alpha value is -2.71. The molecule has 1 heterocycles. The second kappa shape index (κ2) is 9.50. The molecule has 1 atom stereocenters. The molecule has 0 bridgehead atoms. The van der Waals surface area contributed by atoms with Gasteiger partial charge in [0, 0.05) is 30.4 Å². The Kier molecular flexibility index (Phi) is 6.82. The summed E-state index contributed by atoms with van der Waals surface area (Å²) in [5.74, 6) is 0.210. The van der Waals surface area contributed by atoms with E-state index in [-0.39, 0.29) is 29.3 Å². The Balaban J connectivity index is 1.45. The third-order valence-corrected chi connectivity index (χ3v) is 8.69. The highest BCUT2D eigenvalue weighted by molar-refractivity contribution is 7.89. The first-order chi connectivity index (χ1) is 16.1. The highest BCUT2D eigenvalue weighted by atomic mass is 32.2. The van der Waals surface area contributed by atoms with Crippen LogP contribution in [0.5, 0.6) is 0 Å². The highest BCUT2D eigenvalue weighted by Gasteiger charge is 2.37. The van der Waals surface area contributed by atoms with Crippen LogP contribution in [-0.4, -0.2) is 44.2 Å². The number of benzene rings is 2. The first kappa shape index (κ1) is 24.4. The van der Waals surface area contributed by atoms with Gasteiger partial charge in [-0.25, -0.2) is 8.42 Å². The fraction of sp³-hybridized carbons (Fsp3) is 0.462. The van der Waals surface area contributed by atoms with Crippen molar-refractivity contribution in [3.8, 4) is 0 Å². The van der Waals surface area contributed by atoms with Gasteiger partial charge in [0.2, 0.25) is 21.8 Å². The van der Waals surface area contributed by atoms with E-state index in [1.807, 2.05) is 36.1 Å². The van der Waals surface area contributed by atoms with Crippen LogP contribution in [0.1, 0.15) is 57.1 Å². The van der Waals surface area contributed by atoms with E-state index < -0.39 is 15.9 Å². The molecule has 8 heteroatoms. The van der Waals surface area contributed by atoms with Gasteiger partial charge >= 0.3 is 0 Å². The maximum absolute atomic E-state index is 13.2. The van der Waals surface area contributed by atoms with Crippen LogP contribution in [-0.2, 0) is 26.0 Å². The molecule has 1 fully saturated rings. The zero-order chi connectivity index (χ0) is 24.6. The molecule has 34 heavy (non-hydrogen) atoms. The summed E-state index contributed by atoms with van der Waals surface area (Å²) in [7, 11) is -2.46. The lowest BCUT2D eigenvalue weighted by Crippen LogP contribution is -2.42. The number of likely N-dealkylation sites (N-methyl/N-ethyl adjacent to an activating group) is 1. The number of hydrogen-bond donors (Lipinski definition) is 1. The molecule has 0 spiro atoms. The number of rotatable bonds is 7. The lowest BCUT2D eigenvalue weighted by molar-refractivity contribution is -0.125. The highest BCUT2D eigenvalue weighted by Crippen LogP contribution is 2.38. The molecule has 1 aliphatic carbocycles. The molecule has 2 aliphatic rings. The van der Waals surface area contributed by atoms with E-state index in [4.69, 9.17) is 0 Å². The van der Waals surface area contributed by atoms with Gasteiger partial charge < -0.3 is 10.2 Å². The Morgan fingerprint density at radius 1 is 1.12 bits per heavy atom. The molecule has 0 unspecified atom stereocenters. The van der Waals surface area contributed by atoms with Crippen molar-refractivity contribution in [3.05, 3.63) is 53.6 Å². The SMILES string of the molecule is CC(C)c1ccc(NC(=O)CN(C)S(=O)(=O)c2ccc3c(c2)C[C@@H](C)N3C(=O)C2CCC2)cc1.